The molecule has 0 saturated heterocycles. The average molecular weight is 313 g/mol. The van der Waals surface area contributed by atoms with Gasteiger partial charge < -0.3 is 8.94 Å². The summed E-state index contributed by atoms with van der Waals surface area (Å²) in [6.45, 7) is 0. The van der Waals surface area contributed by atoms with Gasteiger partial charge in [0, 0.05) is 5.56 Å². The van der Waals surface area contributed by atoms with Gasteiger partial charge >= 0.3 is 0 Å². The smallest absolute Gasteiger partial charge is 0.158 e. The molecule has 0 N–H and O–H groups in total. The number of aromatic nitrogens is 3. The fourth-order valence-electron chi connectivity index (χ4n) is 2.99. The van der Waals surface area contributed by atoms with Crippen molar-refractivity contribution in [1.82, 2.24) is 15.4 Å². The van der Waals surface area contributed by atoms with E-state index >= 15 is 0 Å². The Morgan fingerprint density at radius 1 is 0.750 bits per heavy atom. The predicted molar refractivity (Wildman–Crippen MR) is 90.2 cm³/mol. The van der Waals surface area contributed by atoms with Crippen LogP contribution >= 0.6 is 0 Å². The highest BCUT2D eigenvalue weighted by atomic mass is 16.5. The lowest BCUT2D eigenvalue weighted by Crippen LogP contribution is -1.93. The molecule has 0 aliphatic heterocycles. The first-order valence-corrected chi connectivity index (χ1v) is 7.54. The van der Waals surface area contributed by atoms with Gasteiger partial charge in [-0.2, -0.15) is 0 Å². The van der Waals surface area contributed by atoms with E-state index in [1.807, 2.05) is 36.4 Å². The van der Waals surface area contributed by atoms with Crippen LogP contribution in [0.3, 0.4) is 0 Å². The minimum atomic E-state index is 0.577. The maximum absolute atomic E-state index is 5.43. The molecule has 3 aromatic heterocycles. The zero-order chi connectivity index (χ0) is 15.9. The van der Waals surface area contributed by atoms with Crippen LogP contribution in [0, 0.1) is 0 Å². The van der Waals surface area contributed by atoms with Crippen molar-refractivity contribution in [2.24, 2.45) is 0 Å². The third-order valence-electron chi connectivity index (χ3n) is 4.10. The molecule has 0 aliphatic carbocycles. The molecule has 5 aromatic rings. The summed E-state index contributed by atoms with van der Waals surface area (Å²) in [5.74, 6) is 0.617. The van der Waals surface area contributed by atoms with E-state index in [9.17, 15) is 0 Å². The number of furan rings is 1. The van der Waals surface area contributed by atoms with Crippen LogP contribution in [0.5, 0.6) is 0 Å². The lowest BCUT2D eigenvalue weighted by Gasteiger charge is -2.07. The van der Waals surface area contributed by atoms with Gasteiger partial charge in [0.2, 0.25) is 0 Å². The Bertz CT molecular complexity index is 1150. The van der Waals surface area contributed by atoms with E-state index < -0.39 is 0 Å². The predicted octanol–water partition coefficient (Wildman–Crippen LogP) is 4.70. The third-order valence-corrected chi connectivity index (χ3v) is 4.10. The number of rotatable bonds is 2. The molecule has 0 bridgehead atoms. The fraction of sp³-hybridized carbons (Fsp3) is 0. The summed E-state index contributed by atoms with van der Waals surface area (Å²) in [5, 5.41) is 16.0. The molecule has 114 valence electrons. The highest BCUT2D eigenvalue weighted by Crippen LogP contribution is 2.34. The number of benzene rings is 2. The normalized spacial score (nSPS) is 11.3. The Morgan fingerprint density at radius 2 is 1.62 bits per heavy atom. The van der Waals surface area contributed by atoms with Gasteiger partial charge in [-0.05, 0) is 22.9 Å². The highest BCUT2D eigenvalue weighted by Gasteiger charge is 2.18. The molecule has 24 heavy (non-hydrogen) atoms. The van der Waals surface area contributed by atoms with Gasteiger partial charge in [-0.3, -0.25) is 0 Å². The topological polar surface area (TPSA) is 65.0 Å². The second-order valence-corrected chi connectivity index (χ2v) is 5.48. The van der Waals surface area contributed by atoms with E-state index in [-0.39, 0.29) is 0 Å². The van der Waals surface area contributed by atoms with Crippen molar-refractivity contribution < 1.29 is 8.94 Å². The molecule has 5 heteroatoms. The number of fused-ring (bicyclic) bond motifs is 2. The van der Waals surface area contributed by atoms with E-state index in [2.05, 4.69) is 33.6 Å². The molecule has 0 aliphatic rings. The van der Waals surface area contributed by atoms with Crippen LogP contribution in [0.25, 0.3) is 44.4 Å². The van der Waals surface area contributed by atoms with Crippen molar-refractivity contribution in [2.45, 2.75) is 0 Å². The van der Waals surface area contributed by atoms with Crippen LogP contribution in [0.15, 0.2) is 76.1 Å². The lowest BCUT2D eigenvalue weighted by molar-refractivity contribution is 0.428. The molecule has 0 fully saturated rings. The largest absolute Gasteiger partial charge is 0.463 e. The highest BCUT2D eigenvalue weighted by molar-refractivity contribution is 6.04. The number of nitrogens with zero attached hydrogens (tertiary/aromatic N) is 3. The van der Waals surface area contributed by atoms with E-state index in [0.29, 0.717) is 17.0 Å². The summed E-state index contributed by atoms with van der Waals surface area (Å²) >= 11 is 0. The summed E-state index contributed by atoms with van der Waals surface area (Å²) in [7, 11) is 0. The average Bonchev–Trinajstić information content (AvgIpc) is 3.32. The van der Waals surface area contributed by atoms with Crippen LogP contribution in [0.1, 0.15) is 0 Å². The molecule has 2 aromatic carbocycles. The molecule has 3 heterocycles. The van der Waals surface area contributed by atoms with Crippen molar-refractivity contribution in [3.8, 4) is 22.7 Å². The summed E-state index contributed by atoms with van der Waals surface area (Å²) in [6, 6.07) is 17.9. The van der Waals surface area contributed by atoms with Gasteiger partial charge in [0.15, 0.2) is 11.5 Å². The first-order chi connectivity index (χ1) is 11.9. The van der Waals surface area contributed by atoms with Crippen molar-refractivity contribution in [3.63, 3.8) is 0 Å². The lowest BCUT2D eigenvalue weighted by atomic mass is 10.00. The molecule has 5 nitrogen and oxygen atoms in total. The molecule has 0 saturated carbocycles. The quantitative estimate of drug-likeness (QED) is 0.472. The summed E-state index contributed by atoms with van der Waals surface area (Å²) in [5.41, 5.74) is 2.97. The molecule has 0 atom stereocenters. The zero-order valence-corrected chi connectivity index (χ0v) is 12.5. The van der Waals surface area contributed by atoms with Crippen LogP contribution in [-0.4, -0.2) is 15.4 Å². The Hall–Kier alpha value is -3.47. The molecule has 5 rings (SSSR count). The van der Waals surface area contributed by atoms with Crippen molar-refractivity contribution in [3.05, 3.63) is 67.1 Å². The van der Waals surface area contributed by atoms with Crippen molar-refractivity contribution >= 4 is 21.7 Å². The zero-order valence-electron chi connectivity index (χ0n) is 12.5. The summed E-state index contributed by atoms with van der Waals surface area (Å²) < 4.78 is 10.6. The van der Waals surface area contributed by atoms with E-state index in [4.69, 9.17) is 8.94 Å². The molecule has 0 radical (unpaired) electrons. The molecular weight excluding hydrogens is 302 g/mol. The minimum Gasteiger partial charge on any atom is -0.463 e. The van der Waals surface area contributed by atoms with E-state index in [1.165, 1.54) is 0 Å². The van der Waals surface area contributed by atoms with Gasteiger partial charge in [0.05, 0.1) is 11.6 Å². The van der Waals surface area contributed by atoms with Crippen molar-refractivity contribution in [2.75, 3.05) is 0 Å². The Morgan fingerprint density at radius 3 is 2.54 bits per heavy atom. The summed E-state index contributed by atoms with van der Waals surface area (Å²) in [4.78, 5) is 0. The van der Waals surface area contributed by atoms with Crippen molar-refractivity contribution in [1.29, 1.82) is 0 Å². The van der Waals surface area contributed by atoms with E-state index in [0.717, 1.165) is 27.4 Å². The fourth-order valence-corrected chi connectivity index (χ4v) is 2.99. The minimum absolute atomic E-state index is 0.577. The summed E-state index contributed by atoms with van der Waals surface area (Å²) in [6.07, 6.45) is 3.20. The molecular formula is C19H11N3O2. The molecule has 0 spiro atoms. The van der Waals surface area contributed by atoms with Gasteiger partial charge in [-0.15, -0.1) is 10.2 Å². The molecule has 0 amide bonds. The number of hydrogen-bond donors (Lipinski definition) is 0. The first-order valence-electron chi connectivity index (χ1n) is 7.54. The van der Waals surface area contributed by atoms with Gasteiger partial charge in [0.25, 0.3) is 0 Å². The first kappa shape index (κ1) is 13.0. The maximum atomic E-state index is 5.43. The van der Waals surface area contributed by atoms with Crippen LogP contribution in [0.4, 0.5) is 0 Å². The second-order valence-electron chi connectivity index (χ2n) is 5.48. The van der Waals surface area contributed by atoms with Gasteiger partial charge in [-0.1, -0.05) is 47.6 Å². The molecule has 0 unspecified atom stereocenters. The second kappa shape index (κ2) is 5.03. The SMILES string of the molecule is c1coc(-c2nnc(-c3cccc4ccccc34)c3conc23)c1. The van der Waals surface area contributed by atoms with Crippen LogP contribution in [-0.2, 0) is 0 Å². The Balaban J connectivity index is 1.82. The third kappa shape index (κ3) is 1.85. The van der Waals surface area contributed by atoms with Crippen LogP contribution < -0.4 is 0 Å². The van der Waals surface area contributed by atoms with E-state index in [1.54, 1.807) is 12.5 Å². The van der Waals surface area contributed by atoms with Gasteiger partial charge in [-0.25, -0.2) is 0 Å². The van der Waals surface area contributed by atoms with Gasteiger partial charge in [0.1, 0.15) is 17.5 Å². The van der Waals surface area contributed by atoms with Crippen LogP contribution in [0.2, 0.25) is 0 Å². The monoisotopic (exact) mass is 313 g/mol. The Kier molecular flexibility index (Phi) is 2.72. The Labute approximate surface area is 136 Å². The maximum Gasteiger partial charge on any atom is 0.158 e. The number of hydrogen-bond acceptors (Lipinski definition) is 5. The standard InChI is InChI=1S/C19H11N3O2/c1-2-7-13-12(5-1)6-3-8-14(13)17-15-11-24-22-18(15)19(21-20-17)16-9-4-10-23-16/h1-11H.